The number of nitrogens with zero attached hydrogens (tertiary/aromatic N) is 1. The molecule has 168 valence electrons. The standard InChI is InChI=1S/C26H24FN3O2S/c1-17(28-2)25(31)29-22-11-12-23(19-8-4-3-5-9-19)30(26(22)32)15-18-7-6-10-20(13-18)24-14-21(27)16-33-24/h3-14,16-17,28H,15H2,1-2H3,(H,29,31). The predicted octanol–water partition coefficient (Wildman–Crippen LogP) is 4.98. The van der Waals surface area contributed by atoms with Crippen molar-refractivity contribution in [3.8, 4) is 21.7 Å². The summed E-state index contributed by atoms with van der Waals surface area (Å²) < 4.78 is 15.2. The molecule has 7 heteroatoms. The van der Waals surface area contributed by atoms with Crippen LogP contribution in [0.2, 0.25) is 0 Å². The van der Waals surface area contributed by atoms with Crippen LogP contribution in [-0.2, 0) is 11.3 Å². The molecule has 1 amide bonds. The van der Waals surface area contributed by atoms with Gasteiger partial charge in [-0.05, 0) is 54.9 Å². The Kier molecular flexibility index (Phi) is 6.82. The molecule has 0 radical (unpaired) electrons. The number of benzene rings is 2. The third kappa shape index (κ3) is 5.10. The summed E-state index contributed by atoms with van der Waals surface area (Å²) in [6.45, 7) is 2.03. The zero-order valence-corrected chi connectivity index (χ0v) is 19.2. The number of likely N-dealkylation sites (N-methyl/N-ethyl adjacent to an activating group) is 1. The summed E-state index contributed by atoms with van der Waals surface area (Å²) in [6.07, 6.45) is 0. The number of aromatic nitrogens is 1. The largest absolute Gasteiger partial charge is 0.320 e. The number of hydrogen-bond donors (Lipinski definition) is 2. The first-order valence-corrected chi connectivity index (χ1v) is 11.4. The van der Waals surface area contributed by atoms with Gasteiger partial charge < -0.3 is 15.2 Å². The molecule has 33 heavy (non-hydrogen) atoms. The Morgan fingerprint density at radius 2 is 1.79 bits per heavy atom. The minimum atomic E-state index is -0.436. The van der Waals surface area contributed by atoms with E-state index in [2.05, 4.69) is 10.6 Å². The highest BCUT2D eigenvalue weighted by molar-refractivity contribution is 7.13. The number of thiophene rings is 1. The maximum atomic E-state index is 13.5. The molecule has 2 N–H and O–H groups in total. The first-order chi connectivity index (χ1) is 16.0. The van der Waals surface area contributed by atoms with Gasteiger partial charge in [-0.3, -0.25) is 9.59 Å². The van der Waals surface area contributed by atoms with Crippen molar-refractivity contribution in [3.63, 3.8) is 0 Å². The van der Waals surface area contributed by atoms with E-state index in [1.807, 2.05) is 60.7 Å². The maximum Gasteiger partial charge on any atom is 0.275 e. The summed E-state index contributed by atoms with van der Waals surface area (Å²) in [5, 5.41) is 7.07. The number of pyridine rings is 1. The SMILES string of the molecule is CNC(C)C(=O)Nc1ccc(-c2ccccc2)n(Cc2cccc(-c3cc(F)cs3)c2)c1=O. The quantitative estimate of drug-likeness (QED) is 0.408. The molecule has 4 rings (SSSR count). The topological polar surface area (TPSA) is 63.1 Å². The Morgan fingerprint density at radius 3 is 2.48 bits per heavy atom. The van der Waals surface area contributed by atoms with Gasteiger partial charge in [-0.1, -0.05) is 48.5 Å². The predicted molar refractivity (Wildman–Crippen MR) is 132 cm³/mol. The summed E-state index contributed by atoms with van der Waals surface area (Å²) in [7, 11) is 1.69. The molecule has 1 atom stereocenters. The van der Waals surface area contributed by atoms with Crippen LogP contribution in [0.4, 0.5) is 10.1 Å². The number of carbonyl (C=O) groups is 1. The second kappa shape index (κ2) is 9.94. The van der Waals surface area contributed by atoms with Crippen LogP contribution in [0, 0.1) is 5.82 Å². The van der Waals surface area contributed by atoms with Crippen molar-refractivity contribution in [2.24, 2.45) is 0 Å². The van der Waals surface area contributed by atoms with Crippen LogP contribution >= 0.6 is 11.3 Å². The molecule has 2 heterocycles. The average molecular weight is 462 g/mol. The molecule has 0 bridgehead atoms. The van der Waals surface area contributed by atoms with Crippen LogP contribution in [0.15, 0.2) is 83.0 Å². The summed E-state index contributed by atoms with van der Waals surface area (Å²) >= 11 is 1.34. The second-order valence-electron chi connectivity index (χ2n) is 7.72. The molecule has 0 aliphatic carbocycles. The van der Waals surface area contributed by atoms with Crippen molar-refractivity contribution in [3.05, 3.63) is 99.9 Å². The Morgan fingerprint density at radius 1 is 1.03 bits per heavy atom. The normalized spacial score (nSPS) is 11.8. The lowest BCUT2D eigenvalue weighted by atomic mass is 10.1. The van der Waals surface area contributed by atoms with Crippen molar-refractivity contribution in [1.82, 2.24) is 9.88 Å². The van der Waals surface area contributed by atoms with Gasteiger partial charge in [-0.25, -0.2) is 4.39 Å². The Labute approximate surface area is 195 Å². The molecule has 0 aliphatic heterocycles. The first kappa shape index (κ1) is 22.6. The van der Waals surface area contributed by atoms with Crippen LogP contribution in [0.1, 0.15) is 12.5 Å². The molecule has 5 nitrogen and oxygen atoms in total. The summed E-state index contributed by atoms with van der Waals surface area (Å²) in [4.78, 5) is 26.7. The Bertz CT molecular complexity index is 1330. The van der Waals surface area contributed by atoms with E-state index in [0.717, 1.165) is 27.3 Å². The molecule has 0 fully saturated rings. The van der Waals surface area contributed by atoms with Gasteiger partial charge in [0.05, 0.1) is 18.3 Å². The van der Waals surface area contributed by atoms with Crippen LogP contribution in [0.3, 0.4) is 0 Å². The smallest absolute Gasteiger partial charge is 0.275 e. The third-order valence-electron chi connectivity index (χ3n) is 5.45. The van der Waals surface area contributed by atoms with E-state index in [0.29, 0.717) is 6.54 Å². The number of hydrogen-bond acceptors (Lipinski definition) is 4. The molecule has 2 aromatic heterocycles. The van der Waals surface area contributed by atoms with Crippen molar-refractivity contribution < 1.29 is 9.18 Å². The van der Waals surface area contributed by atoms with Gasteiger partial charge in [0, 0.05) is 10.3 Å². The van der Waals surface area contributed by atoms with E-state index >= 15 is 0 Å². The molecular formula is C26H24FN3O2S. The fourth-order valence-corrected chi connectivity index (χ4v) is 4.28. The Hall–Kier alpha value is -3.55. The van der Waals surface area contributed by atoms with Crippen molar-refractivity contribution >= 4 is 22.9 Å². The molecule has 0 aliphatic rings. The highest BCUT2D eigenvalue weighted by Crippen LogP contribution is 2.28. The van der Waals surface area contributed by atoms with Crippen molar-refractivity contribution in [2.75, 3.05) is 12.4 Å². The molecular weight excluding hydrogens is 437 g/mol. The molecule has 1 unspecified atom stereocenters. The van der Waals surface area contributed by atoms with Gasteiger partial charge in [-0.15, -0.1) is 11.3 Å². The Balaban J connectivity index is 1.76. The number of rotatable bonds is 7. The lowest BCUT2D eigenvalue weighted by Gasteiger charge is -2.17. The van der Waals surface area contributed by atoms with E-state index in [1.54, 1.807) is 24.6 Å². The monoisotopic (exact) mass is 461 g/mol. The average Bonchev–Trinajstić information content (AvgIpc) is 3.28. The van der Waals surface area contributed by atoms with E-state index < -0.39 is 6.04 Å². The van der Waals surface area contributed by atoms with E-state index in [9.17, 15) is 14.0 Å². The van der Waals surface area contributed by atoms with Gasteiger partial charge in [0.2, 0.25) is 5.91 Å². The van der Waals surface area contributed by atoms with Gasteiger partial charge in [-0.2, -0.15) is 0 Å². The maximum absolute atomic E-state index is 13.5. The van der Waals surface area contributed by atoms with Gasteiger partial charge in [0.25, 0.3) is 5.56 Å². The molecule has 0 saturated carbocycles. The van der Waals surface area contributed by atoms with Crippen molar-refractivity contribution in [1.29, 1.82) is 0 Å². The number of anilines is 1. The summed E-state index contributed by atoms with van der Waals surface area (Å²) in [5.74, 6) is -0.544. The lowest BCUT2D eigenvalue weighted by Crippen LogP contribution is -2.37. The summed E-state index contributed by atoms with van der Waals surface area (Å²) in [6, 6.07) is 21.9. The van der Waals surface area contributed by atoms with E-state index in [4.69, 9.17) is 0 Å². The molecule has 2 aromatic carbocycles. The van der Waals surface area contributed by atoms with Gasteiger partial charge >= 0.3 is 0 Å². The highest BCUT2D eigenvalue weighted by atomic mass is 32.1. The molecule has 4 aromatic rings. The highest BCUT2D eigenvalue weighted by Gasteiger charge is 2.16. The minimum Gasteiger partial charge on any atom is -0.320 e. The molecule has 0 spiro atoms. The second-order valence-corrected chi connectivity index (χ2v) is 8.63. The molecule has 0 saturated heterocycles. The zero-order valence-electron chi connectivity index (χ0n) is 18.3. The number of carbonyl (C=O) groups excluding carboxylic acids is 1. The van der Waals surface area contributed by atoms with Crippen LogP contribution in [0.5, 0.6) is 0 Å². The minimum absolute atomic E-state index is 0.221. The number of amides is 1. The third-order valence-corrected chi connectivity index (χ3v) is 6.40. The van der Waals surface area contributed by atoms with Crippen LogP contribution in [-0.4, -0.2) is 23.6 Å². The fraction of sp³-hybridized carbons (Fsp3) is 0.154. The zero-order chi connectivity index (χ0) is 23.4. The summed E-state index contributed by atoms with van der Waals surface area (Å²) in [5.41, 5.74) is 3.36. The van der Waals surface area contributed by atoms with Gasteiger partial charge in [0.15, 0.2) is 0 Å². The first-order valence-electron chi connectivity index (χ1n) is 10.6. The lowest BCUT2D eigenvalue weighted by molar-refractivity contribution is -0.117. The van der Waals surface area contributed by atoms with E-state index in [1.165, 1.54) is 22.8 Å². The fourth-order valence-electron chi connectivity index (χ4n) is 3.53. The van der Waals surface area contributed by atoms with Crippen molar-refractivity contribution in [2.45, 2.75) is 19.5 Å². The number of halogens is 1. The van der Waals surface area contributed by atoms with Crippen LogP contribution < -0.4 is 16.2 Å². The number of nitrogens with one attached hydrogen (secondary N) is 2. The van der Waals surface area contributed by atoms with E-state index in [-0.39, 0.29) is 23.0 Å². The van der Waals surface area contributed by atoms with Gasteiger partial charge in [0.1, 0.15) is 11.5 Å². The van der Waals surface area contributed by atoms with Crippen LogP contribution in [0.25, 0.3) is 21.7 Å².